The lowest BCUT2D eigenvalue weighted by atomic mass is 9.93. The van der Waals surface area contributed by atoms with Crippen LogP contribution in [0.4, 0.5) is 13.2 Å². The molecular weight excluding hydrogens is 397 g/mol. The Morgan fingerprint density at radius 1 is 1.17 bits per heavy atom. The van der Waals surface area contributed by atoms with Crippen LogP contribution in [0, 0.1) is 0 Å². The van der Waals surface area contributed by atoms with Crippen molar-refractivity contribution < 1.29 is 22.8 Å². The monoisotopic (exact) mass is 422 g/mol. The number of likely N-dealkylation sites (tertiary alicyclic amines) is 1. The summed E-state index contributed by atoms with van der Waals surface area (Å²) < 4.78 is 36.7. The number of halogens is 3. The summed E-state index contributed by atoms with van der Waals surface area (Å²) in [5.74, 6) is -0.628. The molecule has 0 radical (unpaired) electrons. The van der Waals surface area contributed by atoms with Crippen molar-refractivity contribution in [3.8, 4) is 0 Å². The van der Waals surface area contributed by atoms with Gasteiger partial charge in [-0.15, -0.1) is 0 Å². The molecule has 1 aromatic heterocycles. The predicted molar refractivity (Wildman–Crippen MR) is 105 cm³/mol. The van der Waals surface area contributed by atoms with Gasteiger partial charge in [-0.2, -0.15) is 18.3 Å². The lowest BCUT2D eigenvalue weighted by molar-refractivity contribution is -0.132. The molecule has 6 nitrogen and oxygen atoms in total. The van der Waals surface area contributed by atoms with Crippen LogP contribution in [-0.4, -0.2) is 52.7 Å². The average Bonchev–Trinajstić information content (AvgIpc) is 3.23. The molecule has 162 valence electrons. The third-order valence-electron chi connectivity index (χ3n) is 5.27. The summed E-state index contributed by atoms with van der Waals surface area (Å²) in [6.45, 7) is -0.161. The van der Waals surface area contributed by atoms with E-state index in [2.05, 4.69) is 22.3 Å². The Morgan fingerprint density at radius 2 is 1.87 bits per heavy atom. The molecule has 9 heteroatoms. The molecule has 1 aliphatic rings. The van der Waals surface area contributed by atoms with Gasteiger partial charge in [-0.25, -0.2) is 0 Å². The molecule has 0 bridgehead atoms. The fraction of sp³-hybridized carbons (Fsp3) is 0.476. The molecule has 1 fully saturated rings. The number of carbonyl (C=O) groups is 2. The largest absolute Gasteiger partial charge is 0.405 e. The second kappa shape index (κ2) is 9.77. The highest BCUT2D eigenvalue weighted by atomic mass is 19.4. The summed E-state index contributed by atoms with van der Waals surface area (Å²) in [6, 6.07) is 11.5. The van der Waals surface area contributed by atoms with E-state index in [1.165, 1.54) is 11.6 Å². The summed E-state index contributed by atoms with van der Waals surface area (Å²) in [7, 11) is 0. The second-order valence-electron chi connectivity index (χ2n) is 7.50. The predicted octanol–water partition coefficient (Wildman–Crippen LogP) is 3.43. The number of rotatable bonds is 7. The molecule has 2 heterocycles. The topological polar surface area (TPSA) is 78.1 Å². The average molecular weight is 422 g/mol. The van der Waals surface area contributed by atoms with Crippen molar-refractivity contribution >= 4 is 11.8 Å². The van der Waals surface area contributed by atoms with E-state index in [1.807, 2.05) is 28.4 Å². The Bertz CT molecular complexity index is 843. The third-order valence-corrected chi connectivity index (χ3v) is 5.27. The first-order valence-electron chi connectivity index (χ1n) is 10.0. The summed E-state index contributed by atoms with van der Waals surface area (Å²) in [6.07, 6.45) is -0.842. The van der Waals surface area contributed by atoms with Crippen LogP contribution in [0.2, 0.25) is 0 Å². The first-order chi connectivity index (χ1) is 14.3. The van der Waals surface area contributed by atoms with Crippen molar-refractivity contribution in [1.82, 2.24) is 20.4 Å². The maximum Gasteiger partial charge on any atom is 0.405 e. The molecule has 1 saturated heterocycles. The van der Waals surface area contributed by atoms with Crippen LogP contribution in [0.25, 0.3) is 0 Å². The van der Waals surface area contributed by atoms with Gasteiger partial charge in [-0.3, -0.25) is 14.7 Å². The molecule has 0 spiro atoms. The maximum atomic E-state index is 12.4. The minimum absolute atomic E-state index is 0.0614. The number of alkyl halides is 3. The molecule has 3 rings (SSSR count). The van der Waals surface area contributed by atoms with Crippen LogP contribution in [-0.2, 0) is 11.2 Å². The van der Waals surface area contributed by atoms with E-state index < -0.39 is 18.6 Å². The number of aryl methyl sites for hydroxylation is 1. The Kier molecular flexibility index (Phi) is 7.12. The smallest absolute Gasteiger partial charge is 0.343 e. The number of hydrogen-bond acceptors (Lipinski definition) is 3. The first kappa shape index (κ1) is 21.9. The summed E-state index contributed by atoms with van der Waals surface area (Å²) in [5.41, 5.74) is 1.87. The first-order valence-corrected chi connectivity index (χ1v) is 10.0. The minimum Gasteiger partial charge on any atom is -0.343 e. The fourth-order valence-electron chi connectivity index (χ4n) is 3.62. The van der Waals surface area contributed by atoms with E-state index in [1.54, 1.807) is 0 Å². The van der Waals surface area contributed by atoms with E-state index in [9.17, 15) is 22.8 Å². The van der Waals surface area contributed by atoms with Gasteiger partial charge in [-0.1, -0.05) is 30.3 Å². The molecule has 0 aliphatic carbocycles. The van der Waals surface area contributed by atoms with Gasteiger partial charge < -0.3 is 10.2 Å². The number of H-pyrrole nitrogens is 1. The zero-order chi connectivity index (χ0) is 21.6. The zero-order valence-electron chi connectivity index (χ0n) is 16.5. The van der Waals surface area contributed by atoms with Crippen LogP contribution < -0.4 is 5.32 Å². The third kappa shape index (κ3) is 6.33. The highest BCUT2D eigenvalue weighted by Crippen LogP contribution is 2.27. The van der Waals surface area contributed by atoms with Crippen LogP contribution in [0.15, 0.2) is 36.4 Å². The molecule has 2 aromatic rings. The molecule has 30 heavy (non-hydrogen) atoms. The Hall–Kier alpha value is -2.84. The normalized spacial score (nSPS) is 15.2. The SMILES string of the molecule is O=C(NCC(F)(F)F)c1cc(C2CCN(C(=O)CCCc3ccccc3)CC2)[nH]n1. The molecule has 2 amide bonds. The molecular formula is C21H25F3N4O2. The van der Waals surface area contributed by atoms with Crippen molar-refractivity contribution in [3.05, 3.63) is 53.3 Å². The van der Waals surface area contributed by atoms with E-state index >= 15 is 0 Å². The molecule has 1 aromatic carbocycles. The molecule has 0 saturated carbocycles. The van der Waals surface area contributed by atoms with E-state index in [0.717, 1.165) is 25.7 Å². The van der Waals surface area contributed by atoms with Gasteiger partial charge in [0.2, 0.25) is 5.91 Å². The molecule has 0 atom stereocenters. The van der Waals surface area contributed by atoms with E-state index in [0.29, 0.717) is 25.2 Å². The quantitative estimate of drug-likeness (QED) is 0.718. The van der Waals surface area contributed by atoms with Gasteiger partial charge >= 0.3 is 6.18 Å². The summed E-state index contributed by atoms with van der Waals surface area (Å²) in [4.78, 5) is 26.1. The lowest BCUT2D eigenvalue weighted by Crippen LogP contribution is -2.37. The lowest BCUT2D eigenvalue weighted by Gasteiger charge is -2.31. The van der Waals surface area contributed by atoms with Crippen molar-refractivity contribution in [1.29, 1.82) is 0 Å². The Balaban J connectivity index is 1.42. The molecule has 0 unspecified atom stereocenters. The van der Waals surface area contributed by atoms with Gasteiger partial charge in [0.1, 0.15) is 12.2 Å². The molecule has 2 N–H and O–H groups in total. The Morgan fingerprint density at radius 3 is 2.53 bits per heavy atom. The number of benzene rings is 1. The number of nitrogens with zero attached hydrogens (tertiary/aromatic N) is 2. The zero-order valence-corrected chi connectivity index (χ0v) is 16.5. The van der Waals surface area contributed by atoms with Gasteiger partial charge in [0.25, 0.3) is 5.91 Å². The van der Waals surface area contributed by atoms with Gasteiger partial charge in [0.05, 0.1) is 0 Å². The highest BCUT2D eigenvalue weighted by molar-refractivity contribution is 5.92. The molecule has 1 aliphatic heterocycles. The Labute approximate surface area is 172 Å². The van der Waals surface area contributed by atoms with E-state index in [4.69, 9.17) is 0 Å². The van der Waals surface area contributed by atoms with Crippen LogP contribution >= 0.6 is 0 Å². The van der Waals surface area contributed by atoms with Crippen molar-refractivity contribution in [3.63, 3.8) is 0 Å². The standard InChI is InChI=1S/C21H25F3N4O2/c22-21(23,24)14-25-20(30)18-13-17(26-27-18)16-9-11-28(12-10-16)19(29)8-4-7-15-5-2-1-3-6-15/h1-3,5-6,13,16H,4,7-12,14H2,(H,25,30)(H,26,27). The van der Waals surface area contributed by atoms with Crippen LogP contribution in [0.1, 0.15) is 53.3 Å². The minimum atomic E-state index is -4.46. The van der Waals surface area contributed by atoms with Crippen LogP contribution in [0.3, 0.4) is 0 Å². The van der Waals surface area contributed by atoms with Crippen LogP contribution in [0.5, 0.6) is 0 Å². The number of nitrogens with one attached hydrogen (secondary N) is 2. The number of aromatic nitrogens is 2. The maximum absolute atomic E-state index is 12.4. The summed E-state index contributed by atoms with van der Waals surface area (Å²) in [5, 5.41) is 8.39. The van der Waals surface area contributed by atoms with Gasteiger partial charge in [0, 0.05) is 31.1 Å². The number of hydrogen-bond donors (Lipinski definition) is 2. The van der Waals surface area contributed by atoms with E-state index in [-0.39, 0.29) is 17.5 Å². The van der Waals surface area contributed by atoms with Crippen molar-refractivity contribution in [2.75, 3.05) is 19.6 Å². The number of carbonyl (C=O) groups excluding carboxylic acids is 2. The number of amides is 2. The van der Waals surface area contributed by atoms with Crippen molar-refractivity contribution in [2.45, 2.75) is 44.2 Å². The number of aromatic amines is 1. The summed E-state index contributed by atoms with van der Waals surface area (Å²) >= 11 is 0. The fourth-order valence-corrected chi connectivity index (χ4v) is 3.62. The highest BCUT2D eigenvalue weighted by Gasteiger charge is 2.29. The van der Waals surface area contributed by atoms with Crippen molar-refractivity contribution in [2.24, 2.45) is 0 Å². The second-order valence-corrected chi connectivity index (χ2v) is 7.50. The van der Waals surface area contributed by atoms with Gasteiger partial charge in [-0.05, 0) is 37.3 Å². The number of piperidine rings is 1. The van der Waals surface area contributed by atoms with Gasteiger partial charge in [0.15, 0.2) is 0 Å².